The molecule has 0 radical (unpaired) electrons. The average Bonchev–Trinajstić information content (AvgIpc) is 3.43. The minimum Gasteiger partial charge on any atom is -0.371 e. The monoisotopic (exact) mass is 390 g/mol. The lowest BCUT2D eigenvalue weighted by Crippen LogP contribution is -2.43. The SMILES string of the molecule is O=C(N[C@@H]1C[C@H]2CO[C@@H](c3ccccc3)CN2C1)c1cccc(-n2cnnc2)n1. The van der Waals surface area contributed by atoms with Crippen LogP contribution in [-0.2, 0) is 4.74 Å². The van der Waals surface area contributed by atoms with E-state index in [0.717, 1.165) is 19.5 Å². The molecule has 0 bridgehead atoms. The Hall–Kier alpha value is -3.10. The van der Waals surface area contributed by atoms with E-state index in [0.29, 0.717) is 24.2 Å². The summed E-state index contributed by atoms with van der Waals surface area (Å²) in [5.74, 6) is 0.455. The van der Waals surface area contributed by atoms with Crippen molar-refractivity contribution in [3.05, 3.63) is 72.4 Å². The van der Waals surface area contributed by atoms with Gasteiger partial charge in [0, 0.05) is 25.2 Å². The van der Waals surface area contributed by atoms with Gasteiger partial charge in [0.15, 0.2) is 0 Å². The number of hydrogen-bond donors (Lipinski definition) is 1. The molecule has 29 heavy (non-hydrogen) atoms. The van der Waals surface area contributed by atoms with E-state index < -0.39 is 0 Å². The smallest absolute Gasteiger partial charge is 0.270 e. The van der Waals surface area contributed by atoms with E-state index in [1.54, 1.807) is 23.3 Å². The van der Waals surface area contributed by atoms with Crippen LogP contribution in [0.25, 0.3) is 5.82 Å². The van der Waals surface area contributed by atoms with E-state index in [2.05, 4.69) is 37.5 Å². The Bertz CT molecular complexity index is 978. The molecule has 4 heterocycles. The highest BCUT2D eigenvalue weighted by molar-refractivity contribution is 5.92. The van der Waals surface area contributed by atoms with Crippen LogP contribution in [-0.4, -0.2) is 62.3 Å². The van der Waals surface area contributed by atoms with Gasteiger partial charge in [-0.15, -0.1) is 10.2 Å². The van der Waals surface area contributed by atoms with Gasteiger partial charge in [-0.25, -0.2) is 4.98 Å². The Morgan fingerprint density at radius 1 is 1.03 bits per heavy atom. The summed E-state index contributed by atoms with van der Waals surface area (Å²) >= 11 is 0. The topological polar surface area (TPSA) is 85.2 Å². The molecule has 2 saturated heterocycles. The Labute approximate surface area is 168 Å². The molecular formula is C21H22N6O2. The highest BCUT2D eigenvalue weighted by atomic mass is 16.5. The van der Waals surface area contributed by atoms with Gasteiger partial charge in [0.05, 0.1) is 12.7 Å². The number of hydrogen-bond acceptors (Lipinski definition) is 6. The van der Waals surface area contributed by atoms with Crippen molar-refractivity contribution in [2.24, 2.45) is 0 Å². The highest BCUT2D eigenvalue weighted by Crippen LogP contribution is 2.30. The van der Waals surface area contributed by atoms with Crippen molar-refractivity contribution < 1.29 is 9.53 Å². The number of rotatable bonds is 4. The van der Waals surface area contributed by atoms with Gasteiger partial charge < -0.3 is 10.1 Å². The zero-order valence-electron chi connectivity index (χ0n) is 15.9. The first-order valence-corrected chi connectivity index (χ1v) is 9.80. The Morgan fingerprint density at radius 3 is 2.69 bits per heavy atom. The van der Waals surface area contributed by atoms with Gasteiger partial charge in [0.1, 0.15) is 24.2 Å². The number of nitrogens with zero attached hydrogens (tertiary/aromatic N) is 5. The summed E-state index contributed by atoms with van der Waals surface area (Å²) in [5, 5.41) is 10.7. The number of aromatic nitrogens is 4. The fourth-order valence-electron chi connectivity index (χ4n) is 4.12. The van der Waals surface area contributed by atoms with Crippen molar-refractivity contribution in [2.45, 2.75) is 24.6 Å². The Balaban J connectivity index is 1.22. The number of carbonyl (C=O) groups excluding carboxylic acids is 1. The quantitative estimate of drug-likeness (QED) is 0.729. The van der Waals surface area contributed by atoms with Crippen LogP contribution >= 0.6 is 0 Å². The van der Waals surface area contributed by atoms with E-state index in [4.69, 9.17) is 4.74 Å². The number of ether oxygens (including phenoxy) is 1. The molecule has 2 fully saturated rings. The van der Waals surface area contributed by atoms with Crippen molar-refractivity contribution in [3.8, 4) is 5.82 Å². The number of amides is 1. The summed E-state index contributed by atoms with van der Waals surface area (Å²) in [7, 11) is 0. The molecule has 8 nitrogen and oxygen atoms in total. The molecule has 2 aliphatic rings. The van der Waals surface area contributed by atoms with Crippen LogP contribution in [0.5, 0.6) is 0 Å². The van der Waals surface area contributed by atoms with Gasteiger partial charge in [0.25, 0.3) is 5.91 Å². The van der Waals surface area contributed by atoms with Crippen LogP contribution in [0.2, 0.25) is 0 Å². The molecule has 0 spiro atoms. The van der Waals surface area contributed by atoms with Crippen LogP contribution in [0.15, 0.2) is 61.2 Å². The average molecular weight is 390 g/mol. The molecular weight excluding hydrogens is 368 g/mol. The molecule has 0 saturated carbocycles. The zero-order chi connectivity index (χ0) is 19.6. The third kappa shape index (κ3) is 3.76. The molecule has 3 aromatic rings. The van der Waals surface area contributed by atoms with Crippen LogP contribution in [0.1, 0.15) is 28.6 Å². The molecule has 2 aromatic heterocycles. The minimum atomic E-state index is -0.162. The van der Waals surface area contributed by atoms with Gasteiger partial charge >= 0.3 is 0 Å². The van der Waals surface area contributed by atoms with Crippen molar-refractivity contribution in [3.63, 3.8) is 0 Å². The summed E-state index contributed by atoms with van der Waals surface area (Å²) in [6.45, 7) is 2.37. The van der Waals surface area contributed by atoms with Crippen molar-refractivity contribution in [1.82, 2.24) is 30.0 Å². The molecule has 1 amide bonds. The van der Waals surface area contributed by atoms with E-state index in [1.165, 1.54) is 5.56 Å². The van der Waals surface area contributed by atoms with Crippen LogP contribution in [0.4, 0.5) is 0 Å². The maximum Gasteiger partial charge on any atom is 0.270 e. The molecule has 1 N–H and O–H groups in total. The number of morpholine rings is 1. The molecule has 148 valence electrons. The first kappa shape index (κ1) is 18.0. The third-order valence-corrected chi connectivity index (χ3v) is 5.57. The van der Waals surface area contributed by atoms with Crippen molar-refractivity contribution in [2.75, 3.05) is 19.7 Å². The fourth-order valence-corrected chi connectivity index (χ4v) is 4.12. The molecule has 0 unspecified atom stereocenters. The summed E-state index contributed by atoms with van der Waals surface area (Å²) in [6.07, 6.45) is 4.09. The Morgan fingerprint density at radius 2 is 1.86 bits per heavy atom. The minimum absolute atomic E-state index is 0.0871. The van der Waals surface area contributed by atoms with E-state index in [9.17, 15) is 4.79 Å². The molecule has 2 aliphatic heterocycles. The normalized spacial score (nSPS) is 24.2. The lowest BCUT2D eigenvalue weighted by Gasteiger charge is -2.35. The number of carbonyl (C=O) groups is 1. The highest BCUT2D eigenvalue weighted by Gasteiger charge is 2.38. The third-order valence-electron chi connectivity index (χ3n) is 5.57. The predicted molar refractivity (Wildman–Crippen MR) is 106 cm³/mol. The first-order chi connectivity index (χ1) is 14.3. The van der Waals surface area contributed by atoms with Crippen molar-refractivity contribution in [1.29, 1.82) is 0 Å². The second-order valence-corrected chi connectivity index (χ2v) is 7.50. The van der Waals surface area contributed by atoms with Gasteiger partial charge in [-0.1, -0.05) is 36.4 Å². The van der Waals surface area contributed by atoms with E-state index in [1.807, 2.05) is 30.3 Å². The van der Waals surface area contributed by atoms with E-state index in [-0.39, 0.29) is 18.1 Å². The summed E-state index contributed by atoms with van der Waals surface area (Å²) in [6, 6.07) is 16.1. The molecule has 8 heteroatoms. The predicted octanol–water partition coefficient (Wildman–Crippen LogP) is 1.61. The number of benzene rings is 1. The standard InChI is InChI=1S/C21H22N6O2/c28-21(18-7-4-8-20(25-18)27-13-22-23-14-27)24-16-9-17-12-29-19(11-26(17)10-16)15-5-2-1-3-6-15/h1-8,13-14,16-17,19H,9-12H2,(H,24,28)/t16-,17+,19-/m1/s1. The summed E-state index contributed by atoms with van der Waals surface area (Å²) in [5.41, 5.74) is 1.59. The molecule has 3 atom stereocenters. The van der Waals surface area contributed by atoms with Gasteiger partial charge in [-0.2, -0.15) is 0 Å². The second kappa shape index (κ2) is 7.73. The van der Waals surface area contributed by atoms with Crippen LogP contribution < -0.4 is 5.32 Å². The number of pyridine rings is 1. The lowest BCUT2D eigenvalue weighted by atomic mass is 10.1. The van der Waals surface area contributed by atoms with Crippen LogP contribution in [0.3, 0.4) is 0 Å². The maximum atomic E-state index is 12.8. The van der Waals surface area contributed by atoms with Crippen LogP contribution in [0, 0.1) is 0 Å². The maximum absolute atomic E-state index is 12.8. The zero-order valence-corrected chi connectivity index (χ0v) is 15.9. The molecule has 5 rings (SSSR count). The largest absolute Gasteiger partial charge is 0.371 e. The van der Waals surface area contributed by atoms with Crippen molar-refractivity contribution >= 4 is 5.91 Å². The van der Waals surface area contributed by atoms with E-state index >= 15 is 0 Å². The second-order valence-electron chi connectivity index (χ2n) is 7.50. The summed E-state index contributed by atoms with van der Waals surface area (Å²) < 4.78 is 7.77. The first-order valence-electron chi connectivity index (χ1n) is 9.80. The molecule has 0 aliphatic carbocycles. The lowest BCUT2D eigenvalue weighted by molar-refractivity contribution is -0.0502. The van der Waals surface area contributed by atoms with Gasteiger partial charge in [-0.3, -0.25) is 14.3 Å². The number of nitrogens with one attached hydrogen (secondary N) is 1. The van der Waals surface area contributed by atoms with Gasteiger partial charge in [0.2, 0.25) is 0 Å². The fraction of sp³-hybridized carbons (Fsp3) is 0.333. The Kier molecular flexibility index (Phi) is 4.79. The summed E-state index contributed by atoms with van der Waals surface area (Å²) in [4.78, 5) is 19.6. The molecule has 1 aromatic carbocycles. The van der Waals surface area contributed by atoms with Gasteiger partial charge in [-0.05, 0) is 24.1 Å². The number of fused-ring (bicyclic) bond motifs is 1.